The van der Waals surface area contributed by atoms with Crippen molar-refractivity contribution in [2.75, 3.05) is 0 Å². The van der Waals surface area contributed by atoms with Gasteiger partial charge in [0, 0.05) is 10.5 Å². The summed E-state index contributed by atoms with van der Waals surface area (Å²) < 4.78 is 0.990. The van der Waals surface area contributed by atoms with Gasteiger partial charge in [-0.05, 0) is 29.2 Å². The molecule has 15 heavy (non-hydrogen) atoms. The summed E-state index contributed by atoms with van der Waals surface area (Å²) in [6, 6.07) is 7.65. The van der Waals surface area contributed by atoms with Crippen LogP contribution in [0.5, 0.6) is 0 Å². The quantitative estimate of drug-likeness (QED) is 0.851. The van der Waals surface area contributed by atoms with Crippen LogP contribution < -0.4 is 0 Å². The summed E-state index contributed by atoms with van der Waals surface area (Å²) in [7, 11) is 0. The van der Waals surface area contributed by atoms with Gasteiger partial charge in [0.25, 0.3) is 0 Å². The van der Waals surface area contributed by atoms with Gasteiger partial charge in [-0.25, -0.2) is 4.79 Å². The maximum atomic E-state index is 10.7. The molecule has 0 atom stereocenters. The van der Waals surface area contributed by atoms with Gasteiger partial charge >= 0.3 is 5.97 Å². The van der Waals surface area contributed by atoms with Crippen molar-refractivity contribution >= 4 is 27.5 Å². The van der Waals surface area contributed by atoms with E-state index in [9.17, 15) is 4.79 Å². The van der Waals surface area contributed by atoms with E-state index in [1.165, 1.54) is 6.08 Å². The van der Waals surface area contributed by atoms with Gasteiger partial charge in [-0.2, -0.15) is 0 Å². The van der Waals surface area contributed by atoms with Gasteiger partial charge in [-0.1, -0.05) is 41.9 Å². The van der Waals surface area contributed by atoms with E-state index in [-0.39, 0.29) is 5.92 Å². The van der Waals surface area contributed by atoms with E-state index in [1.54, 1.807) is 0 Å². The number of hydrogen-bond donors (Lipinski definition) is 1. The zero-order valence-corrected chi connectivity index (χ0v) is 10.3. The lowest BCUT2D eigenvalue weighted by atomic mass is 9.95. The molecule has 0 aliphatic rings. The van der Waals surface area contributed by atoms with Gasteiger partial charge in [0.1, 0.15) is 0 Å². The number of carbonyl (C=O) groups is 1. The molecule has 1 aromatic rings. The van der Waals surface area contributed by atoms with Crippen LogP contribution in [-0.4, -0.2) is 11.1 Å². The molecule has 0 saturated heterocycles. The Morgan fingerprint density at radius 3 is 2.27 bits per heavy atom. The summed E-state index contributed by atoms with van der Waals surface area (Å²) in [4.78, 5) is 10.7. The molecule has 3 heteroatoms. The summed E-state index contributed by atoms with van der Waals surface area (Å²) in [5.74, 6) is -0.705. The lowest BCUT2D eigenvalue weighted by molar-refractivity contribution is -0.131. The Hall–Kier alpha value is -1.09. The maximum absolute atomic E-state index is 10.7. The Morgan fingerprint density at radius 2 is 1.87 bits per heavy atom. The van der Waals surface area contributed by atoms with E-state index in [2.05, 4.69) is 15.9 Å². The normalized spacial score (nSPS) is 11.9. The van der Waals surface area contributed by atoms with Crippen LogP contribution in [0.1, 0.15) is 19.4 Å². The highest BCUT2D eigenvalue weighted by atomic mass is 79.9. The Bertz CT molecular complexity index is 377. The molecule has 1 rings (SSSR count). The molecule has 0 fully saturated rings. The first-order chi connectivity index (χ1) is 7.00. The minimum absolute atomic E-state index is 0.197. The number of rotatable bonds is 3. The third-order valence-electron chi connectivity index (χ3n) is 2.08. The number of carboxylic acids is 1. The molecule has 80 valence electrons. The maximum Gasteiger partial charge on any atom is 0.328 e. The predicted molar refractivity (Wildman–Crippen MR) is 64.6 cm³/mol. The fourth-order valence-electron chi connectivity index (χ4n) is 1.36. The van der Waals surface area contributed by atoms with E-state index < -0.39 is 5.97 Å². The monoisotopic (exact) mass is 268 g/mol. The molecule has 0 spiro atoms. The first-order valence-electron chi connectivity index (χ1n) is 4.71. The lowest BCUT2D eigenvalue weighted by Gasteiger charge is -2.10. The number of halogens is 1. The minimum Gasteiger partial charge on any atom is -0.478 e. The Morgan fingerprint density at radius 1 is 1.33 bits per heavy atom. The smallest absolute Gasteiger partial charge is 0.328 e. The number of aliphatic carboxylic acids is 1. The van der Waals surface area contributed by atoms with Crippen LogP contribution in [0.2, 0.25) is 0 Å². The molecule has 0 saturated carbocycles. The molecule has 2 nitrogen and oxygen atoms in total. The summed E-state index contributed by atoms with van der Waals surface area (Å²) in [6.45, 7) is 3.97. The number of carboxylic acid groups (broad SMARTS) is 1. The molecular formula is C12H13BrO2. The lowest BCUT2D eigenvalue weighted by Crippen LogP contribution is -1.98. The molecule has 0 aliphatic heterocycles. The highest BCUT2D eigenvalue weighted by molar-refractivity contribution is 9.10. The molecule has 0 aliphatic carbocycles. The topological polar surface area (TPSA) is 37.3 Å². The Kier molecular flexibility index (Phi) is 4.09. The van der Waals surface area contributed by atoms with Crippen molar-refractivity contribution in [1.82, 2.24) is 0 Å². The first kappa shape index (κ1) is 12.0. The Balaban J connectivity index is 3.10. The first-order valence-corrected chi connectivity index (χ1v) is 5.50. The fourth-order valence-corrected chi connectivity index (χ4v) is 1.62. The van der Waals surface area contributed by atoms with Crippen LogP contribution in [0.15, 0.2) is 34.8 Å². The molecule has 0 heterocycles. The zero-order chi connectivity index (χ0) is 11.4. The van der Waals surface area contributed by atoms with Gasteiger partial charge in [-0.15, -0.1) is 0 Å². The van der Waals surface area contributed by atoms with Crippen molar-refractivity contribution < 1.29 is 9.90 Å². The highest BCUT2D eigenvalue weighted by Crippen LogP contribution is 2.24. The van der Waals surface area contributed by atoms with Crippen molar-refractivity contribution in [3.63, 3.8) is 0 Å². The van der Waals surface area contributed by atoms with E-state index in [1.807, 2.05) is 38.1 Å². The van der Waals surface area contributed by atoms with Crippen molar-refractivity contribution in [2.45, 2.75) is 13.8 Å². The van der Waals surface area contributed by atoms with Gasteiger partial charge in [0.2, 0.25) is 0 Å². The van der Waals surface area contributed by atoms with E-state index >= 15 is 0 Å². The standard InChI is InChI=1S/C12H13BrO2/c1-8(2)11(7-12(14)15)9-3-5-10(13)6-4-9/h3-8H,1-2H3,(H,14,15)/b11-7-. The summed E-state index contributed by atoms with van der Waals surface area (Å²) >= 11 is 3.35. The van der Waals surface area contributed by atoms with Crippen molar-refractivity contribution in [1.29, 1.82) is 0 Å². The van der Waals surface area contributed by atoms with Gasteiger partial charge in [0.15, 0.2) is 0 Å². The summed E-state index contributed by atoms with van der Waals surface area (Å²) in [5.41, 5.74) is 1.80. The fraction of sp³-hybridized carbons (Fsp3) is 0.250. The summed E-state index contributed by atoms with van der Waals surface area (Å²) in [5, 5.41) is 8.76. The zero-order valence-electron chi connectivity index (χ0n) is 8.70. The predicted octanol–water partition coefficient (Wildman–Crippen LogP) is 3.57. The van der Waals surface area contributed by atoms with Crippen LogP contribution in [0.4, 0.5) is 0 Å². The van der Waals surface area contributed by atoms with Crippen molar-refractivity contribution in [2.24, 2.45) is 5.92 Å². The second-order valence-corrected chi connectivity index (χ2v) is 4.52. The molecule has 0 aromatic heterocycles. The van der Waals surface area contributed by atoms with Crippen LogP contribution in [-0.2, 0) is 4.79 Å². The van der Waals surface area contributed by atoms with E-state index in [4.69, 9.17) is 5.11 Å². The third-order valence-corrected chi connectivity index (χ3v) is 2.61. The second-order valence-electron chi connectivity index (χ2n) is 3.60. The van der Waals surface area contributed by atoms with Crippen LogP contribution in [0, 0.1) is 5.92 Å². The average Bonchev–Trinajstić information content (AvgIpc) is 2.15. The SMILES string of the molecule is CC(C)/C(=C/C(=O)O)c1ccc(Br)cc1. The average molecular weight is 269 g/mol. The third kappa shape index (κ3) is 3.51. The van der Waals surface area contributed by atoms with Crippen molar-refractivity contribution in [3.05, 3.63) is 40.4 Å². The number of hydrogen-bond acceptors (Lipinski definition) is 1. The molecular weight excluding hydrogens is 256 g/mol. The van der Waals surface area contributed by atoms with Gasteiger partial charge in [0.05, 0.1) is 0 Å². The number of allylic oxidation sites excluding steroid dienone is 1. The summed E-state index contributed by atoms with van der Waals surface area (Å²) in [6.07, 6.45) is 1.27. The molecule has 0 amide bonds. The second kappa shape index (κ2) is 5.12. The minimum atomic E-state index is -0.901. The highest BCUT2D eigenvalue weighted by Gasteiger charge is 2.08. The van der Waals surface area contributed by atoms with E-state index in [0.29, 0.717) is 0 Å². The molecule has 0 radical (unpaired) electrons. The van der Waals surface area contributed by atoms with E-state index in [0.717, 1.165) is 15.6 Å². The van der Waals surface area contributed by atoms with Crippen LogP contribution in [0.25, 0.3) is 5.57 Å². The molecule has 1 N–H and O–H groups in total. The van der Waals surface area contributed by atoms with Crippen molar-refractivity contribution in [3.8, 4) is 0 Å². The van der Waals surface area contributed by atoms with Gasteiger partial charge in [-0.3, -0.25) is 0 Å². The largest absolute Gasteiger partial charge is 0.478 e. The van der Waals surface area contributed by atoms with Gasteiger partial charge < -0.3 is 5.11 Å². The molecule has 0 unspecified atom stereocenters. The number of benzene rings is 1. The van der Waals surface area contributed by atoms with Crippen LogP contribution in [0.3, 0.4) is 0 Å². The Labute approximate surface area is 97.8 Å². The molecule has 0 bridgehead atoms. The van der Waals surface area contributed by atoms with Crippen LogP contribution >= 0.6 is 15.9 Å². The molecule has 1 aromatic carbocycles.